The molecule has 10 rings (SSSR count). The standard InChI is InChI=1S/C64H32/c1-3-45-14-18-47(19-15-45)22-24-49-26-30-51(31-27-49)34-36-53-42-54(37-35-52-32-28-50(29-33-52)25-23-48-20-16-46(4-2)17-21-48)44-55(43-53)38-39-56-40-41-62-60-12-6-9-57-8-5-11-59(63(57)60)61-13-7-10-58(56)64(61)62/h1-2,5-21,26-33,40-44H. The number of benzene rings is 10. The molecule has 0 saturated carbocycles. The van der Waals surface area contributed by atoms with Crippen LogP contribution in [0.1, 0.15) is 66.8 Å². The first-order valence-electron chi connectivity index (χ1n) is 20.7. The Balaban J connectivity index is 0.983. The molecule has 0 aliphatic heterocycles. The van der Waals surface area contributed by atoms with E-state index in [2.05, 4.69) is 138 Å². The van der Waals surface area contributed by atoms with E-state index in [1.807, 2.05) is 115 Å². The van der Waals surface area contributed by atoms with Crippen LogP contribution in [0.15, 0.2) is 182 Å². The van der Waals surface area contributed by atoms with Crippen LogP contribution in [0.25, 0.3) is 43.1 Å². The summed E-state index contributed by atoms with van der Waals surface area (Å²) in [6.07, 6.45) is 11.0. The second-order valence-corrected chi connectivity index (χ2v) is 15.2. The molecule has 0 spiro atoms. The molecule has 10 aromatic rings. The molecule has 0 atom stereocenters. The third-order valence-electron chi connectivity index (χ3n) is 11.1. The highest BCUT2D eigenvalue weighted by atomic mass is 14.2. The van der Waals surface area contributed by atoms with Crippen LogP contribution in [0.4, 0.5) is 0 Å². The summed E-state index contributed by atoms with van der Waals surface area (Å²) in [5, 5.41) is 9.91. The van der Waals surface area contributed by atoms with E-state index in [0.29, 0.717) is 0 Å². The predicted molar refractivity (Wildman–Crippen MR) is 266 cm³/mol. The molecule has 0 aromatic heterocycles. The maximum Gasteiger partial charge on any atom is 0.0328 e. The van der Waals surface area contributed by atoms with E-state index >= 15 is 0 Å². The topological polar surface area (TPSA) is 0 Å². The SMILES string of the molecule is C#Cc1ccc(C#Cc2ccc(C#Cc3cc(C#Cc4ccc(C#Cc5ccc(C#C)cc5)cc4)cc(C#Cc4ccc5c6cccc7cccc(c8cccc4c85)c76)c3)cc2)cc1. The van der Waals surface area contributed by atoms with Crippen LogP contribution in [0.2, 0.25) is 0 Å². The normalized spacial score (nSPS) is 10.2. The molecule has 10 aromatic carbocycles. The minimum Gasteiger partial charge on any atom is -0.115 e. The second-order valence-electron chi connectivity index (χ2n) is 15.2. The average molecular weight is 801 g/mol. The highest BCUT2D eigenvalue weighted by Crippen LogP contribution is 2.40. The molecular formula is C64H32. The highest BCUT2D eigenvalue weighted by molar-refractivity contribution is 6.33. The lowest BCUT2D eigenvalue weighted by Crippen LogP contribution is -1.89. The lowest BCUT2D eigenvalue weighted by atomic mass is 9.88. The summed E-state index contributed by atoms with van der Waals surface area (Å²) in [5.74, 6) is 38.6. The number of rotatable bonds is 0. The zero-order valence-corrected chi connectivity index (χ0v) is 34.5. The fourth-order valence-corrected chi connectivity index (χ4v) is 7.89. The fraction of sp³-hybridized carbons (Fsp3) is 0. The second kappa shape index (κ2) is 17.2. The van der Waals surface area contributed by atoms with Crippen molar-refractivity contribution in [3.8, 4) is 83.9 Å². The molecule has 0 amide bonds. The molecule has 0 nitrogen and oxygen atoms in total. The number of fused-ring (bicyclic) bond motifs is 2. The Morgan fingerprint density at radius 2 is 0.531 bits per heavy atom. The van der Waals surface area contributed by atoms with Crippen LogP contribution in [0.3, 0.4) is 0 Å². The summed E-state index contributed by atoms with van der Waals surface area (Å²) in [6, 6.07) is 61.3. The van der Waals surface area contributed by atoms with Crippen molar-refractivity contribution < 1.29 is 0 Å². The van der Waals surface area contributed by atoms with E-state index in [-0.39, 0.29) is 0 Å². The first-order chi connectivity index (χ1) is 31.6. The van der Waals surface area contributed by atoms with Crippen LogP contribution in [0, 0.1) is 83.9 Å². The zero-order chi connectivity index (χ0) is 43.2. The molecule has 0 aliphatic rings. The van der Waals surface area contributed by atoms with Gasteiger partial charge < -0.3 is 0 Å². The van der Waals surface area contributed by atoms with Gasteiger partial charge in [0.1, 0.15) is 0 Å². The molecular weight excluding hydrogens is 769 g/mol. The summed E-state index contributed by atoms with van der Waals surface area (Å²) < 4.78 is 0. The van der Waals surface area contributed by atoms with E-state index in [4.69, 9.17) is 12.8 Å². The molecule has 0 heterocycles. The van der Waals surface area contributed by atoms with Gasteiger partial charge in [-0.05, 0) is 164 Å². The van der Waals surface area contributed by atoms with Crippen LogP contribution in [-0.2, 0) is 0 Å². The molecule has 0 N–H and O–H groups in total. The molecule has 0 heteroatoms. The van der Waals surface area contributed by atoms with Crippen molar-refractivity contribution in [3.63, 3.8) is 0 Å². The molecule has 288 valence electrons. The molecule has 0 unspecified atom stereocenters. The van der Waals surface area contributed by atoms with Gasteiger partial charge >= 0.3 is 0 Å². The monoisotopic (exact) mass is 800 g/mol. The van der Waals surface area contributed by atoms with Crippen molar-refractivity contribution in [1.82, 2.24) is 0 Å². The predicted octanol–water partition coefficient (Wildman–Crippen LogP) is 12.7. The van der Waals surface area contributed by atoms with E-state index < -0.39 is 0 Å². The Hall–Kier alpha value is -9.58. The number of terminal acetylenes is 2. The number of hydrogen-bond donors (Lipinski definition) is 0. The third-order valence-corrected chi connectivity index (χ3v) is 11.1. The summed E-state index contributed by atoms with van der Waals surface area (Å²) in [5.41, 5.74) is 10.5. The first kappa shape index (κ1) is 38.6. The van der Waals surface area contributed by atoms with E-state index in [0.717, 1.165) is 72.1 Å². The summed E-state index contributed by atoms with van der Waals surface area (Å²) >= 11 is 0. The van der Waals surface area contributed by atoms with Crippen molar-refractivity contribution in [1.29, 1.82) is 0 Å². The lowest BCUT2D eigenvalue weighted by molar-refractivity contribution is 1.54. The quantitative estimate of drug-likeness (QED) is 0.0814. The Labute approximate surface area is 374 Å². The Bertz CT molecular complexity index is 3670. The van der Waals surface area contributed by atoms with Gasteiger partial charge in [-0.25, -0.2) is 0 Å². The fourth-order valence-electron chi connectivity index (χ4n) is 7.89. The van der Waals surface area contributed by atoms with Gasteiger partial charge in [0, 0.05) is 66.8 Å². The highest BCUT2D eigenvalue weighted by Gasteiger charge is 2.13. The lowest BCUT2D eigenvalue weighted by Gasteiger charge is -2.14. The van der Waals surface area contributed by atoms with Crippen LogP contribution in [0.5, 0.6) is 0 Å². The minimum atomic E-state index is 0.817. The van der Waals surface area contributed by atoms with Crippen molar-refractivity contribution in [2.45, 2.75) is 0 Å². The van der Waals surface area contributed by atoms with Gasteiger partial charge in [0.15, 0.2) is 0 Å². The molecule has 0 radical (unpaired) electrons. The van der Waals surface area contributed by atoms with Crippen LogP contribution < -0.4 is 0 Å². The van der Waals surface area contributed by atoms with Gasteiger partial charge in [0.05, 0.1) is 0 Å². The number of hydrogen-bond acceptors (Lipinski definition) is 0. The van der Waals surface area contributed by atoms with Gasteiger partial charge in [-0.3, -0.25) is 0 Å². The van der Waals surface area contributed by atoms with Crippen LogP contribution in [-0.4, -0.2) is 0 Å². The summed E-state index contributed by atoms with van der Waals surface area (Å²) in [6.45, 7) is 0. The van der Waals surface area contributed by atoms with Crippen molar-refractivity contribution in [2.24, 2.45) is 0 Å². The maximum atomic E-state index is 5.49. The van der Waals surface area contributed by atoms with Gasteiger partial charge in [-0.1, -0.05) is 132 Å². The molecule has 0 bridgehead atoms. The smallest absolute Gasteiger partial charge is 0.0328 e. The van der Waals surface area contributed by atoms with Crippen molar-refractivity contribution in [3.05, 3.63) is 249 Å². The van der Waals surface area contributed by atoms with Crippen molar-refractivity contribution in [2.75, 3.05) is 0 Å². The minimum absolute atomic E-state index is 0.817. The van der Waals surface area contributed by atoms with Crippen LogP contribution >= 0.6 is 0 Å². The molecule has 64 heavy (non-hydrogen) atoms. The third kappa shape index (κ3) is 8.15. The van der Waals surface area contributed by atoms with Gasteiger partial charge in [-0.15, -0.1) is 12.8 Å². The van der Waals surface area contributed by atoms with E-state index in [9.17, 15) is 0 Å². The average Bonchev–Trinajstić information content (AvgIpc) is 3.35. The summed E-state index contributed by atoms with van der Waals surface area (Å²) in [4.78, 5) is 0. The molecule has 0 fully saturated rings. The van der Waals surface area contributed by atoms with E-state index in [1.165, 1.54) is 37.7 Å². The molecule has 0 saturated heterocycles. The van der Waals surface area contributed by atoms with Crippen molar-refractivity contribution >= 4 is 43.1 Å². The Morgan fingerprint density at radius 3 is 0.922 bits per heavy atom. The van der Waals surface area contributed by atoms with Gasteiger partial charge in [0.2, 0.25) is 0 Å². The maximum absolute atomic E-state index is 5.49. The molecule has 0 aliphatic carbocycles. The Kier molecular flexibility index (Phi) is 10.4. The first-order valence-corrected chi connectivity index (χ1v) is 20.7. The zero-order valence-electron chi connectivity index (χ0n) is 34.5. The van der Waals surface area contributed by atoms with Gasteiger partial charge in [-0.2, -0.15) is 0 Å². The summed E-state index contributed by atoms with van der Waals surface area (Å²) in [7, 11) is 0. The van der Waals surface area contributed by atoms with Gasteiger partial charge in [0.25, 0.3) is 0 Å². The largest absolute Gasteiger partial charge is 0.115 e. The van der Waals surface area contributed by atoms with E-state index in [1.54, 1.807) is 0 Å². The Morgan fingerprint density at radius 1 is 0.234 bits per heavy atom.